The van der Waals surface area contributed by atoms with E-state index in [1.807, 2.05) is 57.2 Å². The third kappa shape index (κ3) is 6.59. The molecule has 2 aromatic rings. The number of hydrogen-bond acceptors (Lipinski definition) is 3. The second-order valence-corrected chi connectivity index (χ2v) is 9.07. The Hall–Kier alpha value is -2.82. The van der Waals surface area contributed by atoms with Gasteiger partial charge in [-0.25, -0.2) is 0 Å². The van der Waals surface area contributed by atoms with Gasteiger partial charge < -0.3 is 15.0 Å². The first kappa shape index (κ1) is 23.8. The zero-order valence-electron chi connectivity index (χ0n) is 19.8. The smallest absolute Gasteiger partial charge is 0.242 e. The molecule has 1 aliphatic rings. The van der Waals surface area contributed by atoms with Gasteiger partial charge in [0, 0.05) is 12.6 Å². The molecule has 0 bridgehead atoms. The van der Waals surface area contributed by atoms with Gasteiger partial charge in [-0.15, -0.1) is 0 Å². The average Bonchev–Trinajstić information content (AvgIpc) is 2.77. The molecular formula is C27H36N2O3. The number of hydrogen-bond donors (Lipinski definition) is 1. The summed E-state index contributed by atoms with van der Waals surface area (Å²) in [5.41, 5.74) is 4.18. The first-order valence-corrected chi connectivity index (χ1v) is 11.7. The molecule has 0 aromatic heterocycles. The first-order chi connectivity index (χ1) is 15.4. The number of nitrogens with zero attached hydrogens (tertiary/aromatic N) is 1. The molecule has 5 heteroatoms. The van der Waals surface area contributed by atoms with E-state index in [-0.39, 0.29) is 24.3 Å². The van der Waals surface area contributed by atoms with Crippen LogP contribution in [0.5, 0.6) is 5.75 Å². The Morgan fingerprint density at radius 2 is 1.72 bits per heavy atom. The van der Waals surface area contributed by atoms with Gasteiger partial charge in [0.25, 0.3) is 0 Å². The Morgan fingerprint density at radius 3 is 2.38 bits per heavy atom. The molecule has 0 saturated heterocycles. The quantitative estimate of drug-likeness (QED) is 0.651. The number of carbonyl (C=O) groups excluding carboxylic acids is 2. The minimum absolute atomic E-state index is 0.0517. The van der Waals surface area contributed by atoms with E-state index in [2.05, 4.69) is 11.4 Å². The molecular weight excluding hydrogens is 400 g/mol. The molecule has 1 saturated carbocycles. The number of nitrogens with one attached hydrogen (secondary N) is 1. The van der Waals surface area contributed by atoms with Crippen LogP contribution in [-0.4, -0.2) is 35.9 Å². The molecule has 32 heavy (non-hydrogen) atoms. The van der Waals surface area contributed by atoms with Crippen molar-refractivity contribution in [2.75, 3.05) is 7.11 Å². The highest BCUT2D eigenvalue weighted by Gasteiger charge is 2.28. The van der Waals surface area contributed by atoms with Gasteiger partial charge in [-0.1, -0.05) is 60.7 Å². The van der Waals surface area contributed by atoms with Crippen molar-refractivity contribution in [2.24, 2.45) is 0 Å². The molecule has 1 N–H and O–H groups in total. The Balaban J connectivity index is 1.80. The number of methoxy groups -OCH3 is 1. The maximum atomic E-state index is 13.4. The summed E-state index contributed by atoms with van der Waals surface area (Å²) in [6.07, 6.45) is 5.85. The highest BCUT2D eigenvalue weighted by molar-refractivity contribution is 5.88. The molecule has 172 valence electrons. The molecule has 1 atom stereocenters. The van der Waals surface area contributed by atoms with E-state index in [4.69, 9.17) is 4.74 Å². The van der Waals surface area contributed by atoms with E-state index in [0.29, 0.717) is 6.54 Å². The number of ether oxygens (including phenoxy) is 1. The third-order valence-corrected chi connectivity index (χ3v) is 6.24. The lowest BCUT2D eigenvalue weighted by atomic mass is 9.95. The Morgan fingerprint density at radius 1 is 1.03 bits per heavy atom. The maximum Gasteiger partial charge on any atom is 0.242 e. The fourth-order valence-corrected chi connectivity index (χ4v) is 4.57. The summed E-state index contributed by atoms with van der Waals surface area (Å²) in [5.74, 6) is 0.612. The van der Waals surface area contributed by atoms with Crippen LogP contribution in [-0.2, 0) is 22.6 Å². The van der Waals surface area contributed by atoms with Crippen molar-refractivity contribution in [3.05, 3.63) is 64.7 Å². The van der Waals surface area contributed by atoms with Crippen LogP contribution < -0.4 is 10.1 Å². The van der Waals surface area contributed by atoms with E-state index < -0.39 is 6.04 Å². The van der Waals surface area contributed by atoms with E-state index in [0.717, 1.165) is 53.7 Å². The van der Waals surface area contributed by atoms with Crippen LogP contribution in [0.2, 0.25) is 0 Å². The average molecular weight is 437 g/mol. The van der Waals surface area contributed by atoms with Gasteiger partial charge in [0.15, 0.2) is 0 Å². The molecule has 0 aliphatic heterocycles. The molecule has 0 radical (unpaired) electrons. The molecule has 2 aromatic carbocycles. The Kier molecular flexibility index (Phi) is 8.32. The summed E-state index contributed by atoms with van der Waals surface area (Å²) in [6, 6.07) is 13.5. The van der Waals surface area contributed by atoms with Crippen molar-refractivity contribution in [3.8, 4) is 5.75 Å². The van der Waals surface area contributed by atoms with E-state index in [1.165, 1.54) is 6.42 Å². The highest BCUT2D eigenvalue weighted by atomic mass is 16.5. The van der Waals surface area contributed by atoms with Crippen LogP contribution >= 0.6 is 0 Å². The number of carbonyl (C=O) groups is 2. The maximum absolute atomic E-state index is 13.4. The molecule has 0 heterocycles. The third-order valence-electron chi connectivity index (χ3n) is 6.24. The summed E-state index contributed by atoms with van der Waals surface area (Å²) in [7, 11) is 1.63. The fraction of sp³-hybridized carbons (Fsp3) is 0.481. The number of aryl methyl sites for hydroxylation is 2. The Bertz CT molecular complexity index is 914. The van der Waals surface area contributed by atoms with Gasteiger partial charge in [0.1, 0.15) is 11.8 Å². The molecule has 5 nitrogen and oxygen atoms in total. The minimum atomic E-state index is -0.554. The Labute approximate surface area is 192 Å². The summed E-state index contributed by atoms with van der Waals surface area (Å²) in [4.78, 5) is 28.2. The molecule has 0 spiro atoms. The fourth-order valence-electron chi connectivity index (χ4n) is 4.57. The molecule has 2 amide bonds. The van der Waals surface area contributed by atoms with Crippen molar-refractivity contribution in [1.29, 1.82) is 0 Å². The predicted octanol–water partition coefficient (Wildman–Crippen LogP) is 4.72. The van der Waals surface area contributed by atoms with Crippen LogP contribution in [0.3, 0.4) is 0 Å². The summed E-state index contributed by atoms with van der Waals surface area (Å²) in [6.45, 7) is 6.27. The van der Waals surface area contributed by atoms with Gasteiger partial charge >= 0.3 is 0 Å². The molecule has 1 fully saturated rings. The number of amides is 2. The van der Waals surface area contributed by atoms with Crippen LogP contribution in [0.1, 0.15) is 61.3 Å². The second kappa shape index (κ2) is 11.2. The minimum Gasteiger partial charge on any atom is -0.497 e. The normalized spacial score (nSPS) is 15.1. The van der Waals surface area contributed by atoms with E-state index in [9.17, 15) is 9.59 Å². The zero-order valence-corrected chi connectivity index (χ0v) is 19.8. The molecule has 0 unspecified atom stereocenters. The van der Waals surface area contributed by atoms with Gasteiger partial charge in [-0.05, 0) is 56.9 Å². The summed E-state index contributed by atoms with van der Waals surface area (Å²) in [5, 5.41) is 3.19. The second-order valence-electron chi connectivity index (χ2n) is 9.07. The lowest BCUT2D eigenvalue weighted by Crippen LogP contribution is -2.50. The number of rotatable bonds is 8. The standard InChI is InChI=1S/C27H36N2O3/c1-19-13-20(2)15-23(14-19)17-26(30)29(18-22-9-8-12-25(16-22)32-4)21(3)27(31)28-24-10-6-5-7-11-24/h8-9,12-16,21,24H,5-7,10-11,17-18H2,1-4H3,(H,28,31)/t21-/m1/s1. The zero-order chi connectivity index (χ0) is 23.1. The van der Waals surface area contributed by atoms with Crippen molar-refractivity contribution in [1.82, 2.24) is 10.2 Å². The predicted molar refractivity (Wildman–Crippen MR) is 128 cm³/mol. The van der Waals surface area contributed by atoms with Crippen LogP contribution in [0.4, 0.5) is 0 Å². The number of benzene rings is 2. The van der Waals surface area contributed by atoms with Crippen molar-refractivity contribution in [3.63, 3.8) is 0 Å². The van der Waals surface area contributed by atoms with Crippen LogP contribution in [0.15, 0.2) is 42.5 Å². The molecule has 1 aliphatic carbocycles. The van der Waals surface area contributed by atoms with Gasteiger partial charge in [-0.2, -0.15) is 0 Å². The van der Waals surface area contributed by atoms with E-state index in [1.54, 1.807) is 12.0 Å². The summed E-state index contributed by atoms with van der Waals surface area (Å²) < 4.78 is 5.34. The SMILES string of the molecule is COc1cccc(CN(C(=O)Cc2cc(C)cc(C)c2)[C@H](C)C(=O)NC2CCCCC2)c1. The van der Waals surface area contributed by atoms with Crippen LogP contribution in [0, 0.1) is 13.8 Å². The largest absolute Gasteiger partial charge is 0.497 e. The lowest BCUT2D eigenvalue weighted by Gasteiger charge is -2.31. The van der Waals surface area contributed by atoms with Crippen molar-refractivity contribution in [2.45, 2.75) is 77.9 Å². The van der Waals surface area contributed by atoms with Crippen molar-refractivity contribution < 1.29 is 14.3 Å². The topological polar surface area (TPSA) is 58.6 Å². The van der Waals surface area contributed by atoms with Crippen molar-refractivity contribution >= 4 is 11.8 Å². The monoisotopic (exact) mass is 436 g/mol. The lowest BCUT2D eigenvalue weighted by molar-refractivity contribution is -0.140. The molecule has 3 rings (SSSR count). The van der Waals surface area contributed by atoms with Crippen LogP contribution in [0.25, 0.3) is 0 Å². The van der Waals surface area contributed by atoms with E-state index >= 15 is 0 Å². The first-order valence-electron chi connectivity index (χ1n) is 11.7. The van der Waals surface area contributed by atoms with Gasteiger partial charge in [0.2, 0.25) is 11.8 Å². The van der Waals surface area contributed by atoms with Gasteiger partial charge in [0.05, 0.1) is 13.5 Å². The highest BCUT2D eigenvalue weighted by Crippen LogP contribution is 2.20. The van der Waals surface area contributed by atoms with Gasteiger partial charge in [-0.3, -0.25) is 9.59 Å². The summed E-state index contributed by atoms with van der Waals surface area (Å²) >= 11 is 0.